The topological polar surface area (TPSA) is 67.4 Å². The number of carbonyl (C=O) groups excluding carboxylic acids is 2. The molecule has 2 rings (SSSR count). The summed E-state index contributed by atoms with van der Waals surface area (Å²) in [4.78, 5) is 24.3. The third-order valence-electron chi connectivity index (χ3n) is 3.87. The molecule has 0 aliphatic rings. The number of nitrogens with one attached hydrogen (secondary N) is 2. The van der Waals surface area contributed by atoms with Crippen molar-refractivity contribution in [3.05, 3.63) is 65.7 Å². The van der Waals surface area contributed by atoms with Gasteiger partial charge < -0.3 is 4.74 Å². The first-order valence-corrected chi connectivity index (χ1v) is 8.44. The van der Waals surface area contributed by atoms with Crippen molar-refractivity contribution in [1.29, 1.82) is 0 Å². The van der Waals surface area contributed by atoms with Gasteiger partial charge in [-0.2, -0.15) is 0 Å². The molecule has 0 saturated carbocycles. The molecule has 25 heavy (non-hydrogen) atoms. The summed E-state index contributed by atoms with van der Waals surface area (Å²) in [6.45, 7) is 3.77. The molecular formula is C20H24N2O3. The molecule has 0 unspecified atom stereocenters. The number of benzene rings is 2. The Hall–Kier alpha value is -2.82. The summed E-state index contributed by atoms with van der Waals surface area (Å²) >= 11 is 0. The molecule has 5 heteroatoms. The second-order valence-electron chi connectivity index (χ2n) is 5.84. The van der Waals surface area contributed by atoms with Gasteiger partial charge in [0.25, 0.3) is 5.91 Å². The first-order valence-electron chi connectivity index (χ1n) is 8.44. The van der Waals surface area contributed by atoms with E-state index in [-0.39, 0.29) is 18.4 Å². The Morgan fingerprint density at radius 1 is 1.00 bits per heavy atom. The van der Waals surface area contributed by atoms with E-state index in [1.165, 1.54) is 0 Å². The van der Waals surface area contributed by atoms with E-state index in [9.17, 15) is 9.59 Å². The summed E-state index contributed by atoms with van der Waals surface area (Å²) in [5.41, 5.74) is 6.80. The van der Waals surface area contributed by atoms with Crippen LogP contribution in [0.3, 0.4) is 0 Å². The molecule has 0 fully saturated rings. The molecule has 0 aliphatic heterocycles. The zero-order valence-electron chi connectivity index (χ0n) is 14.6. The summed E-state index contributed by atoms with van der Waals surface area (Å²) in [5, 5.41) is 0. The van der Waals surface area contributed by atoms with Gasteiger partial charge in [-0.05, 0) is 30.5 Å². The van der Waals surface area contributed by atoms with Gasteiger partial charge in [0.05, 0.1) is 5.92 Å². The quantitative estimate of drug-likeness (QED) is 0.761. The fourth-order valence-corrected chi connectivity index (χ4v) is 2.54. The van der Waals surface area contributed by atoms with Crippen molar-refractivity contribution < 1.29 is 14.3 Å². The van der Waals surface area contributed by atoms with Gasteiger partial charge in [0.2, 0.25) is 5.91 Å². The lowest BCUT2D eigenvalue weighted by Crippen LogP contribution is -2.45. The van der Waals surface area contributed by atoms with Gasteiger partial charge in [-0.25, -0.2) is 0 Å². The lowest BCUT2D eigenvalue weighted by atomic mass is 9.94. The molecule has 2 N–H and O–H groups in total. The predicted molar refractivity (Wildman–Crippen MR) is 97.1 cm³/mol. The summed E-state index contributed by atoms with van der Waals surface area (Å²) in [6.07, 6.45) is 1.59. The SMILES string of the molecule is CCC[C@@H](C(=O)NNC(=O)COc1ccccc1C)c1ccccc1. The van der Waals surface area contributed by atoms with E-state index in [2.05, 4.69) is 10.9 Å². The van der Waals surface area contributed by atoms with Crippen LogP contribution in [-0.4, -0.2) is 18.4 Å². The van der Waals surface area contributed by atoms with Crippen LogP contribution in [0, 0.1) is 6.92 Å². The molecule has 0 heterocycles. The van der Waals surface area contributed by atoms with Gasteiger partial charge in [0.15, 0.2) is 6.61 Å². The number of para-hydroxylation sites is 1. The number of carbonyl (C=O) groups is 2. The van der Waals surface area contributed by atoms with Crippen molar-refractivity contribution in [2.24, 2.45) is 0 Å². The lowest BCUT2D eigenvalue weighted by molar-refractivity contribution is -0.130. The number of amides is 2. The van der Waals surface area contributed by atoms with E-state index >= 15 is 0 Å². The Balaban J connectivity index is 1.85. The minimum Gasteiger partial charge on any atom is -0.483 e. The third-order valence-corrected chi connectivity index (χ3v) is 3.87. The van der Waals surface area contributed by atoms with E-state index in [0.717, 1.165) is 17.5 Å². The van der Waals surface area contributed by atoms with Gasteiger partial charge in [-0.1, -0.05) is 61.9 Å². The lowest BCUT2D eigenvalue weighted by Gasteiger charge is -2.17. The smallest absolute Gasteiger partial charge is 0.276 e. The highest BCUT2D eigenvalue weighted by molar-refractivity contribution is 5.86. The van der Waals surface area contributed by atoms with E-state index < -0.39 is 5.91 Å². The Morgan fingerprint density at radius 2 is 1.68 bits per heavy atom. The van der Waals surface area contributed by atoms with Crippen molar-refractivity contribution >= 4 is 11.8 Å². The van der Waals surface area contributed by atoms with Gasteiger partial charge in [-0.15, -0.1) is 0 Å². The largest absolute Gasteiger partial charge is 0.483 e. The maximum absolute atomic E-state index is 12.4. The van der Waals surface area contributed by atoms with E-state index in [1.807, 2.05) is 62.4 Å². The van der Waals surface area contributed by atoms with Gasteiger partial charge in [-0.3, -0.25) is 20.4 Å². The Kier molecular flexibility index (Phi) is 7.01. The average molecular weight is 340 g/mol. The maximum atomic E-state index is 12.4. The number of aryl methyl sites for hydroxylation is 1. The fraction of sp³-hybridized carbons (Fsp3) is 0.300. The molecule has 1 atom stereocenters. The fourth-order valence-electron chi connectivity index (χ4n) is 2.54. The zero-order chi connectivity index (χ0) is 18.1. The minimum absolute atomic E-state index is 0.158. The molecule has 2 aromatic carbocycles. The molecule has 2 amide bonds. The molecule has 0 spiro atoms. The highest BCUT2D eigenvalue weighted by Gasteiger charge is 2.20. The first kappa shape index (κ1) is 18.5. The Morgan fingerprint density at radius 3 is 2.36 bits per heavy atom. The summed E-state index contributed by atoms with van der Waals surface area (Å²) in [5.74, 6) is -0.266. The minimum atomic E-state index is -0.403. The van der Waals surface area contributed by atoms with Crippen molar-refractivity contribution in [1.82, 2.24) is 10.9 Å². The monoisotopic (exact) mass is 340 g/mol. The molecular weight excluding hydrogens is 316 g/mol. The normalized spacial score (nSPS) is 11.4. The van der Waals surface area contributed by atoms with Gasteiger partial charge >= 0.3 is 0 Å². The molecule has 0 radical (unpaired) electrons. The second-order valence-corrected chi connectivity index (χ2v) is 5.84. The van der Waals surface area contributed by atoms with Crippen LogP contribution >= 0.6 is 0 Å². The van der Waals surface area contributed by atoms with Gasteiger partial charge in [0, 0.05) is 0 Å². The first-order chi connectivity index (χ1) is 12.1. The second kappa shape index (κ2) is 9.47. The van der Waals surface area contributed by atoms with Crippen LogP contribution in [0.15, 0.2) is 54.6 Å². The van der Waals surface area contributed by atoms with Crippen molar-refractivity contribution in [3.8, 4) is 5.75 Å². The van der Waals surface area contributed by atoms with E-state index in [0.29, 0.717) is 12.2 Å². The highest BCUT2D eigenvalue weighted by Crippen LogP contribution is 2.21. The van der Waals surface area contributed by atoms with Crippen molar-refractivity contribution in [2.75, 3.05) is 6.61 Å². The van der Waals surface area contributed by atoms with Crippen LogP contribution in [0.1, 0.15) is 36.8 Å². The Bertz CT molecular complexity index is 701. The van der Waals surface area contributed by atoms with Crippen LogP contribution in [0.4, 0.5) is 0 Å². The maximum Gasteiger partial charge on any atom is 0.276 e. The van der Waals surface area contributed by atoms with Crippen LogP contribution in [0.2, 0.25) is 0 Å². The summed E-state index contributed by atoms with van der Waals surface area (Å²) in [6, 6.07) is 17.0. The summed E-state index contributed by atoms with van der Waals surface area (Å²) in [7, 11) is 0. The van der Waals surface area contributed by atoms with Crippen LogP contribution in [0.5, 0.6) is 5.75 Å². The zero-order valence-corrected chi connectivity index (χ0v) is 14.6. The molecule has 0 aromatic heterocycles. The summed E-state index contributed by atoms with van der Waals surface area (Å²) < 4.78 is 5.46. The Labute approximate surface area is 148 Å². The number of hydrogen-bond donors (Lipinski definition) is 2. The molecule has 132 valence electrons. The van der Waals surface area contributed by atoms with Crippen LogP contribution in [-0.2, 0) is 9.59 Å². The molecule has 0 aliphatic carbocycles. The molecule has 0 bridgehead atoms. The van der Waals surface area contributed by atoms with Crippen molar-refractivity contribution in [2.45, 2.75) is 32.6 Å². The van der Waals surface area contributed by atoms with Gasteiger partial charge in [0.1, 0.15) is 5.75 Å². The third kappa shape index (κ3) is 5.64. The number of hydrazine groups is 1. The number of ether oxygens (including phenoxy) is 1. The van der Waals surface area contributed by atoms with Crippen LogP contribution in [0.25, 0.3) is 0 Å². The average Bonchev–Trinajstić information content (AvgIpc) is 2.64. The molecule has 2 aromatic rings. The number of rotatable bonds is 7. The standard InChI is InChI=1S/C20H24N2O3/c1-3-9-17(16-11-5-4-6-12-16)20(24)22-21-19(23)14-25-18-13-8-7-10-15(18)2/h4-8,10-13,17H,3,9,14H2,1-2H3,(H,21,23)(H,22,24)/t17-/m1/s1. The van der Waals surface area contributed by atoms with E-state index in [4.69, 9.17) is 4.74 Å². The molecule has 0 saturated heterocycles. The number of hydrogen-bond acceptors (Lipinski definition) is 3. The van der Waals surface area contributed by atoms with Crippen LogP contribution < -0.4 is 15.6 Å². The van der Waals surface area contributed by atoms with E-state index in [1.54, 1.807) is 6.07 Å². The van der Waals surface area contributed by atoms with Crippen molar-refractivity contribution in [3.63, 3.8) is 0 Å². The molecule has 5 nitrogen and oxygen atoms in total. The predicted octanol–water partition coefficient (Wildman–Crippen LogP) is 3.11. The highest BCUT2D eigenvalue weighted by atomic mass is 16.5.